The first-order chi connectivity index (χ1) is 13.9. The van der Waals surface area contributed by atoms with Gasteiger partial charge in [0.05, 0.1) is 13.2 Å². The van der Waals surface area contributed by atoms with Crippen LogP contribution in [0.4, 0.5) is 0 Å². The van der Waals surface area contributed by atoms with E-state index in [-0.39, 0.29) is 19.6 Å². The summed E-state index contributed by atoms with van der Waals surface area (Å²) in [6.07, 6.45) is -5.34. The van der Waals surface area contributed by atoms with E-state index in [0.29, 0.717) is 0 Å². The van der Waals surface area contributed by atoms with Crippen LogP contribution in [0.3, 0.4) is 0 Å². The van der Waals surface area contributed by atoms with Crippen molar-refractivity contribution < 1.29 is 34.3 Å². The summed E-state index contributed by atoms with van der Waals surface area (Å²) in [6, 6.07) is 18.5. The number of esters is 1. The first kappa shape index (κ1) is 21.4. The Labute approximate surface area is 169 Å². The molecule has 0 aromatic heterocycles. The molecule has 156 valence electrons. The van der Waals surface area contributed by atoms with E-state index in [9.17, 15) is 20.1 Å². The van der Waals surface area contributed by atoms with Crippen molar-refractivity contribution in [2.45, 2.75) is 56.8 Å². The summed E-state index contributed by atoms with van der Waals surface area (Å²) in [5, 5.41) is 32.2. The monoisotopic (exact) mass is 402 g/mol. The predicted octanol–water partition coefficient (Wildman–Crippen LogP) is 1.53. The standard InChI is InChI=1S/C22H26O7/c1-15(23)29-18-12-19(27-13-16-8-4-2-5-9-16)22(26,21(25)20(18)24)28-14-17-10-6-3-7-11-17/h2-11,18-21,24-26H,12-14H2,1H3/t18-,19+,20+,21-,22+/m1/s1. The second-order valence-electron chi connectivity index (χ2n) is 7.13. The summed E-state index contributed by atoms with van der Waals surface area (Å²) < 4.78 is 16.7. The molecule has 7 heteroatoms. The Bertz CT molecular complexity index is 782. The number of aliphatic hydroxyl groups excluding tert-OH is 2. The molecule has 3 N–H and O–H groups in total. The lowest BCUT2D eigenvalue weighted by Gasteiger charge is -2.47. The molecule has 0 saturated heterocycles. The maximum Gasteiger partial charge on any atom is 0.302 e. The number of carbonyl (C=O) groups excluding carboxylic acids is 1. The van der Waals surface area contributed by atoms with Gasteiger partial charge in [-0.2, -0.15) is 0 Å². The SMILES string of the molecule is CC(=O)O[C@@H]1C[C@H](OCc2ccccc2)[C@](O)(OCc2ccccc2)[C@H](O)[C@H]1O. The van der Waals surface area contributed by atoms with Crippen molar-refractivity contribution in [2.75, 3.05) is 0 Å². The van der Waals surface area contributed by atoms with E-state index >= 15 is 0 Å². The second-order valence-corrected chi connectivity index (χ2v) is 7.13. The fraction of sp³-hybridized carbons (Fsp3) is 0.409. The summed E-state index contributed by atoms with van der Waals surface area (Å²) >= 11 is 0. The first-order valence-electron chi connectivity index (χ1n) is 9.49. The molecule has 5 atom stereocenters. The van der Waals surface area contributed by atoms with E-state index in [1.165, 1.54) is 6.92 Å². The Morgan fingerprint density at radius 2 is 1.55 bits per heavy atom. The fourth-order valence-electron chi connectivity index (χ4n) is 3.40. The Kier molecular flexibility index (Phi) is 7.00. The number of hydrogen-bond donors (Lipinski definition) is 3. The van der Waals surface area contributed by atoms with Crippen LogP contribution >= 0.6 is 0 Å². The van der Waals surface area contributed by atoms with Gasteiger partial charge in [-0.1, -0.05) is 60.7 Å². The van der Waals surface area contributed by atoms with Crippen LogP contribution in [0.15, 0.2) is 60.7 Å². The third-order valence-corrected chi connectivity index (χ3v) is 4.96. The lowest BCUT2D eigenvalue weighted by molar-refractivity contribution is -0.353. The highest BCUT2D eigenvalue weighted by atomic mass is 16.7. The number of aliphatic hydroxyl groups is 3. The maximum atomic E-state index is 11.4. The van der Waals surface area contributed by atoms with Gasteiger partial charge in [0.25, 0.3) is 0 Å². The van der Waals surface area contributed by atoms with E-state index in [4.69, 9.17) is 14.2 Å². The van der Waals surface area contributed by atoms with Crippen LogP contribution in [0.2, 0.25) is 0 Å². The number of rotatable bonds is 7. The normalized spacial score (nSPS) is 29.4. The van der Waals surface area contributed by atoms with E-state index in [1.807, 2.05) is 60.7 Å². The molecule has 0 heterocycles. The van der Waals surface area contributed by atoms with Gasteiger partial charge < -0.3 is 29.5 Å². The molecule has 0 radical (unpaired) electrons. The van der Waals surface area contributed by atoms with Gasteiger partial charge in [0, 0.05) is 13.3 Å². The third kappa shape index (κ3) is 5.20. The molecule has 1 saturated carbocycles. The third-order valence-electron chi connectivity index (χ3n) is 4.96. The molecule has 0 amide bonds. The summed E-state index contributed by atoms with van der Waals surface area (Å²) in [5.41, 5.74) is 1.65. The predicted molar refractivity (Wildman–Crippen MR) is 103 cm³/mol. The van der Waals surface area contributed by atoms with E-state index in [0.717, 1.165) is 11.1 Å². The topological polar surface area (TPSA) is 105 Å². The van der Waals surface area contributed by atoms with Gasteiger partial charge in [-0.3, -0.25) is 4.79 Å². The second kappa shape index (κ2) is 9.47. The smallest absolute Gasteiger partial charge is 0.302 e. The lowest BCUT2D eigenvalue weighted by Crippen LogP contribution is -2.66. The minimum absolute atomic E-state index is 0.00451. The molecule has 1 aliphatic carbocycles. The van der Waals surface area contributed by atoms with Crippen LogP contribution in [0.25, 0.3) is 0 Å². The van der Waals surface area contributed by atoms with Crippen LogP contribution in [-0.2, 0) is 32.2 Å². The molecule has 2 aromatic carbocycles. The van der Waals surface area contributed by atoms with Crippen molar-refractivity contribution >= 4 is 5.97 Å². The minimum Gasteiger partial charge on any atom is -0.460 e. The van der Waals surface area contributed by atoms with Crippen LogP contribution in [0, 0.1) is 0 Å². The van der Waals surface area contributed by atoms with Crippen LogP contribution in [0.1, 0.15) is 24.5 Å². The number of benzene rings is 2. The molecule has 29 heavy (non-hydrogen) atoms. The van der Waals surface area contributed by atoms with Crippen molar-refractivity contribution in [2.24, 2.45) is 0 Å². The fourth-order valence-corrected chi connectivity index (χ4v) is 3.40. The van der Waals surface area contributed by atoms with Crippen molar-refractivity contribution in [3.8, 4) is 0 Å². The Hall–Kier alpha value is -2.29. The molecular formula is C22H26O7. The molecule has 2 aromatic rings. The molecule has 0 spiro atoms. The van der Waals surface area contributed by atoms with Gasteiger partial charge >= 0.3 is 5.97 Å². The van der Waals surface area contributed by atoms with Crippen LogP contribution in [-0.4, -0.2) is 51.5 Å². The minimum atomic E-state index is -2.18. The van der Waals surface area contributed by atoms with Gasteiger partial charge in [0.2, 0.25) is 5.79 Å². The summed E-state index contributed by atoms with van der Waals surface area (Å²) in [7, 11) is 0. The molecule has 0 bridgehead atoms. The van der Waals surface area contributed by atoms with Crippen LogP contribution < -0.4 is 0 Å². The molecule has 0 unspecified atom stereocenters. The van der Waals surface area contributed by atoms with Gasteiger partial charge in [-0.15, -0.1) is 0 Å². The highest BCUT2D eigenvalue weighted by molar-refractivity contribution is 5.66. The molecule has 7 nitrogen and oxygen atoms in total. The molecule has 1 fully saturated rings. The van der Waals surface area contributed by atoms with E-state index in [1.54, 1.807) is 0 Å². The number of ether oxygens (including phenoxy) is 3. The largest absolute Gasteiger partial charge is 0.460 e. The van der Waals surface area contributed by atoms with Crippen molar-refractivity contribution in [3.05, 3.63) is 71.8 Å². The number of hydrogen-bond acceptors (Lipinski definition) is 7. The maximum absolute atomic E-state index is 11.4. The average molecular weight is 402 g/mol. The summed E-state index contributed by atoms with van der Waals surface area (Å²) in [6.45, 7) is 1.37. The van der Waals surface area contributed by atoms with Crippen LogP contribution in [0.5, 0.6) is 0 Å². The zero-order valence-corrected chi connectivity index (χ0v) is 16.2. The highest BCUT2D eigenvalue weighted by Crippen LogP contribution is 2.35. The summed E-state index contributed by atoms with van der Waals surface area (Å²) in [4.78, 5) is 11.4. The molecule has 3 rings (SSSR count). The average Bonchev–Trinajstić information content (AvgIpc) is 2.73. The van der Waals surface area contributed by atoms with Gasteiger partial charge in [0.1, 0.15) is 24.4 Å². The van der Waals surface area contributed by atoms with Crippen molar-refractivity contribution in [1.29, 1.82) is 0 Å². The Morgan fingerprint density at radius 1 is 1.00 bits per heavy atom. The zero-order valence-electron chi connectivity index (χ0n) is 16.2. The molecule has 0 aliphatic heterocycles. The van der Waals surface area contributed by atoms with Gasteiger partial charge in [-0.25, -0.2) is 0 Å². The van der Waals surface area contributed by atoms with E-state index < -0.39 is 36.2 Å². The lowest BCUT2D eigenvalue weighted by atomic mass is 9.83. The Balaban J connectivity index is 1.79. The van der Waals surface area contributed by atoms with Crippen molar-refractivity contribution in [3.63, 3.8) is 0 Å². The molecule has 1 aliphatic rings. The molecular weight excluding hydrogens is 376 g/mol. The zero-order chi connectivity index (χ0) is 20.9. The highest BCUT2D eigenvalue weighted by Gasteiger charge is 2.56. The van der Waals surface area contributed by atoms with Crippen molar-refractivity contribution in [1.82, 2.24) is 0 Å². The van der Waals surface area contributed by atoms with Gasteiger partial charge in [-0.05, 0) is 11.1 Å². The Morgan fingerprint density at radius 3 is 2.10 bits per heavy atom. The first-order valence-corrected chi connectivity index (χ1v) is 9.49. The quantitative estimate of drug-likeness (QED) is 0.476. The van der Waals surface area contributed by atoms with E-state index in [2.05, 4.69) is 0 Å². The van der Waals surface area contributed by atoms with Gasteiger partial charge in [0.15, 0.2) is 0 Å². The number of carbonyl (C=O) groups is 1. The summed E-state index contributed by atoms with van der Waals surface area (Å²) in [5.74, 6) is -2.78.